The lowest BCUT2D eigenvalue weighted by molar-refractivity contribution is -0.116. The van der Waals surface area contributed by atoms with Crippen LogP contribution in [0.1, 0.15) is 18.4 Å². The molecule has 1 amide bonds. The van der Waals surface area contributed by atoms with Crippen LogP contribution in [0.3, 0.4) is 0 Å². The molecule has 0 fully saturated rings. The third kappa shape index (κ3) is 5.93. The van der Waals surface area contributed by atoms with Crippen LogP contribution in [0.4, 0.5) is 5.69 Å². The summed E-state index contributed by atoms with van der Waals surface area (Å²) in [5.74, 6) is 1.58. The van der Waals surface area contributed by atoms with E-state index in [2.05, 4.69) is 5.32 Å². The number of carbonyl (C=O) groups is 1. The summed E-state index contributed by atoms with van der Waals surface area (Å²) < 4.78 is 11.1. The molecule has 24 heavy (non-hydrogen) atoms. The van der Waals surface area contributed by atoms with E-state index in [9.17, 15) is 4.79 Å². The highest BCUT2D eigenvalue weighted by atomic mass is 16.5. The second kappa shape index (κ2) is 9.57. The van der Waals surface area contributed by atoms with Gasteiger partial charge >= 0.3 is 0 Å². The molecule has 2 aromatic rings. The van der Waals surface area contributed by atoms with E-state index in [1.807, 2.05) is 55.5 Å². The molecule has 0 radical (unpaired) electrons. The minimum atomic E-state index is -0.0287. The first-order chi connectivity index (χ1) is 11.7. The second-order valence-corrected chi connectivity index (χ2v) is 5.43. The van der Waals surface area contributed by atoms with E-state index < -0.39 is 0 Å². The molecule has 0 heterocycles. The minimum absolute atomic E-state index is 0.0287. The monoisotopic (exact) mass is 328 g/mol. The van der Waals surface area contributed by atoms with Gasteiger partial charge in [0.2, 0.25) is 5.91 Å². The number of aryl methyl sites for hydroxylation is 1. The van der Waals surface area contributed by atoms with Gasteiger partial charge in [0.15, 0.2) is 0 Å². The van der Waals surface area contributed by atoms with Crippen LogP contribution in [0.25, 0.3) is 0 Å². The largest absolute Gasteiger partial charge is 0.493 e. The van der Waals surface area contributed by atoms with E-state index >= 15 is 0 Å². The summed E-state index contributed by atoms with van der Waals surface area (Å²) >= 11 is 0. The molecule has 0 bridgehead atoms. The first kappa shape index (κ1) is 17.8. The molecular formula is C19H24N2O3. The standard InChI is InChI=1S/C19H24N2O3/c1-15-5-2-3-6-18(15)24-13-4-7-19(22)21-16-8-10-17(11-9-16)23-14-12-20/h2-3,5-6,8-11H,4,7,12-14,20H2,1H3,(H,21,22). The highest BCUT2D eigenvalue weighted by Gasteiger charge is 2.04. The number of hydrogen-bond acceptors (Lipinski definition) is 4. The minimum Gasteiger partial charge on any atom is -0.493 e. The van der Waals surface area contributed by atoms with Crippen LogP contribution in [0.15, 0.2) is 48.5 Å². The van der Waals surface area contributed by atoms with Gasteiger partial charge in [0, 0.05) is 18.7 Å². The van der Waals surface area contributed by atoms with Gasteiger partial charge in [0.05, 0.1) is 6.61 Å². The van der Waals surface area contributed by atoms with Crippen LogP contribution >= 0.6 is 0 Å². The first-order valence-corrected chi connectivity index (χ1v) is 8.10. The van der Waals surface area contributed by atoms with Gasteiger partial charge in [-0.15, -0.1) is 0 Å². The van der Waals surface area contributed by atoms with Crippen LogP contribution in [-0.2, 0) is 4.79 Å². The summed E-state index contributed by atoms with van der Waals surface area (Å²) in [5, 5.41) is 2.86. The Morgan fingerprint density at radius 1 is 1.04 bits per heavy atom. The zero-order chi connectivity index (χ0) is 17.2. The molecule has 0 aliphatic carbocycles. The third-order valence-electron chi connectivity index (χ3n) is 3.42. The third-order valence-corrected chi connectivity index (χ3v) is 3.42. The average molecular weight is 328 g/mol. The predicted octanol–water partition coefficient (Wildman–Crippen LogP) is 3.13. The van der Waals surface area contributed by atoms with Crippen molar-refractivity contribution in [1.82, 2.24) is 0 Å². The summed E-state index contributed by atoms with van der Waals surface area (Å²) in [4.78, 5) is 11.9. The maximum Gasteiger partial charge on any atom is 0.224 e. The van der Waals surface area contributed by atoms with Crippen LogP contribution in [0.2, 0.25) is 0 Å². The molecular weight excluding hydrogens is 304 g/mol. The van der Waals surface area contributed by atoms with Crippen LogP contribution in [0.5, 0.6) is 11.5 Å². The molecule has 2 rings (SSSR count). The van der Waals surface area contributed by atoms with E-state index in [-0.39, 0.29) is 5.91 Å². The summed E-state index contributed by atoms with van der Waals surface area (Å²) in [7, 11) is 0. The van der Waals surface area contributed by atoms with Crippen LogP contribution in [-0.4, -0.2) is 25.7 Å². The van der Waals surface area contributed by atoms with E-state index in [0.29, 0.717) is 32.6 Å². The summed E-state index contributed by atoms with van der Waals surface area (Å²) in [6.45, 7) is 3.47. The quantitative estimate of drug-likeness (QED) is 0.694. The number of rotatable bonds is 9. The Labute approximate surface area is 142 Å². The van der Waals surface area contributed by atoms with E-state index in [4.69, 9.17) is 15.2 Å². The predicted molar refractivity (Wildman–Crippen MR) is 95.5 cm³/mol. The van der Waals surface area contributed by atoms with Crippen LogP contribution < -0.4 is 20.5 Å². The molecule has 0 aliphatic heterocycles. The van der Waals surface area contributed by atoms with Crippen molar-refractivity contribution >= 4 is 11.6 Å². The number of anilines is 1. The summed E-state index contributed by atoms with van der Waals surface area (Å²) in [6, 6.07) is 15.1. The Morgan fingerprint density at radius 2 is 1.79 bits per heavy atom. The highest BCUT2D eigenvalue weighted by molar-refractivity contribution is 5.90. The van der Waals surface area contributed by atoms with Gasteiger partial charge in [-0.3, -0.25) is 4.79 Å². The summed E-state index contributed by atoms with van der Waals surface area (Å²) in [5.41, 5.74) is 7.23. The van der Waals surface area contributed by atoms with Gasteiger partial charge in [-0.2, -0.15) is 0 Å². The Kier molecular flexibility index (Phi) is 7.11. The normalized spacial score (nSPS) is 10.2. The highest BCUT2D eigenvalue weighted by Crippen LogP contribution is 2.17. The smallest absolute Gasteiger partial charge is 0.224 e. The SMILES string of the molecule is Cc1ccccc1OCCCC(=O)Nc1ccc(OCCN)cc1. The molecule has 0 atom stereocenters. The van der Waals surface area contributed by atoms with E-state index in [1.54, 1.807) is 0 Å². The van der Waals surface area contributed by atoms with Gasteiger partial charge in [-0.1, -0.05) is 18.2 Å². The maximum absolute atomic E-state index is 11.9. The molecule has 5 heteroatoms. The van der Waals surface area contributed by atoms with Gasteiger partial charge in [-0.05, 0) is 49.2 Å². The average Bonchev–Trinajstić information content (AvgIpc) is 2.59. The van der Waals surface area contributed by atoms with E-state index in [0.717, 1.165) is 22.7 Å². The molecule has 5 nitrogen and oxygen atoms in total. The number of amides is 1. The number of benzene rings is 2. The second-order valence-electron chi connectivity index (χ2n) is 5.43. The number of nitrogens with two attached hydrogens (primary N) is 1. The molecule has 3 N–H and O–H groups in total. The Morgan fingerprint density at radius 3 is 2.50 bits per heavy atom. The molecule has 0 saturated heterocycles. The van der Waals surface area contributed by atoms with Crippen molar-refractivity contribution in [3.05, 3.63) is 54.1 Å². The number of para-hydroxylation sites is 1. The lowest BCUT2D eigenvalue weighted by Gasteiger charge is -2.09. The molecule has 128 valence electrons. The van der Waals surface area contributed by atoms with Crippen molar-refractivity contribution < 1.29 is 14.3 Å². The zero-order valence-electron chi connectivity index (χ0n) is 14.0. The Balaban J connectivity index is 1.68. The summed E-state index contributed by atoms with van der Waals surface area (Å²) in [6.07, 6.45) is 1.08. The lowest BCUT2D eigenvalue weighted by atomic mass is 10.2. The molecule has 2 aromatic carbocycles. The van der Waals surface area contributed by atoms with Crippen molar-refractivity contribution in [1.29, 1.82) is 0 Å². The van der Waals surface area contributed by atoms with Crippen molar-refractivity contribution in [3.63, 3.8) is 0 Å². The molecule has 0 aromatic heterocycles. The lowest BCUT2D eigenvalue weighted by Crippen LogP contribution is -2.13. The first-order valence-electron chi connectivity index (χ1n) is 8.10. The Bertz CT molecular complexity index is 641. The number of carbonyl (C=O) groups excluding carboxylic acids is 1. The number of nitrogens with one attached hydrogen (secondary N) is 1. The van der Waals surface area contributed by atoms with Crippen molar-refractivity contribution in [2.75, 3.05) is 25.1 Å². The van der Waals surface area contributed by atoms with Crippen molar-refractivity contribution in [3.8, 4) is 11.5 Å². The molecule has 0 spiro atoms. The van der Waals surface area contributed by atoms with E-state index in [1.165, 1.54) is 0 Å². The van der Waals surface area contributed by atoms with Gasteiger partial charge < -0.3 is 20.5 Å². The van der Waals surface area contributed by atoms with Gasteiger partial charge in [0.25, 0.3) is 0 Å². The topological polar surface area (TPSA) is 73.6 Å². The van der Waals surface area contributed by atoms with Crippen molar-refractivity contribution in [2.45, 2.75) is 19.8 Å². The van der Waals surface area contributed by atoms with Crippen LogP contribution in [0, 0.1) is 6.92 Å². The number of hydrogen-bond donors (Lipinski definition) is 2. The zero-order valence-corrected chi connectivity index (χ0v) is 14.0. The van der Waals surface area contributed by atoms with Gasteiger partial charge in [-0.25, -0.2) is 0 Å². The fourth-order valence-electron chi connectivity index (χ4n) is 2.17. The van der Waals surface area contributed by atoms with Gasteiger partial charge in [0.1, 0.15) is 18.1 Å². The maximum atomic E-state index is 11.9. The van der Waals surface area contributed by atoms with Crippen molar-refractivity contribution in [2.24, 2.45) is 5.73 Å². The Hall–Kier alpha value is -2.53. The molecule has 0 unspecified atom stereocenters. The fourth-order valence-corrected chi connectivity index (χ4v) is 2.17. The number of ether oxygens (including phenoxy) is 2. The molecule has 0 aliphatic rings. The molecule has 0 saturated carbocycles. The fraction of sp³-hybridized carbons (Fsp3) is 0.316.